The Labute approximate surface area is 116 Å². The molecular formula is C16H12ClNO. The molecule has 3 heteroatoms. The topological polar surface area (TPSA) is 22.1 Å². The molecule has 0 atom stereocenters. The molecule has 0 unspecified atom stereocenters. The fourth-order valence-electron chi connectivity index (χ4n) is 2.00. The average Bonchev–Trinajstić information content (AvgIpc) is 2.47. The van der Waals surface area contributed by atoms with Crippen molar-refractivity contribution in [2.24, 2.45) is 0 Å². The molecule has 0 spiro atoms. The van der Waals surface area contributed by atoms with Gasteiger partial charge >= 0.3 is 0 Å². The van der Waals surface area contributed by atoms with Crippen molar-refractivity contribution in [2.45, 2.75) is 6.61 Å². The molecule has 3 aromatic rings. The fraction of sp³-hybridized carbons (Fsp3) is 0.0625. The highest BCUT2D eigenvalue weighted by Crippen LogP contribution is 2.29. The number of benzene rings is 2. The van der Waals surface area contributed by atoms with Gasteiger partial charge in [0, 0.05) is 17.0 Å². The maximum Gasteiger partial charge on any atom is 0.136 e. The molecule has 2 aromatic carbocycles. The molecule has 0 aliphatic carbocycles. The second kappa shape index (κ2) is 5.29. The second-order valence-corrected chi connectivity index (χ2v) is 4.59. The van der Waals surface area contributed by atoms with Crippen molar-refractivity contribution >= 4 is 22.4 Å². The van der Waals surface area contributed by atoms with E-state index in [1.54, 1.807) is 6.20 Å². The summed E-state index contributed by atoms with van der Waals surface area (Å²) in [6.07, 6.45) is 1.69. The SMILES string of the molecule is Clc1nccc2c(OCc3ccccc3)cccc12. The summed E-state index contributed by atoms with van der Waals surface area (Å²) in [7, 11) is 0. The number of hydrogen-bond donors (Lipinski definition) is 0. The summed E-state index contributed by atoms with van der Waals surface area (Å²) in [6.45, 7) is 0.542. The summed E-state index contributed by atoms with van der Waals surface area (Å²) in [5.74, 6) is 0.825. The lowest BCUT2D eigenvalue weighted by molar-refractivity contribution is 0.310. The number of rotatable bonds is 3. The van der Waals surface area contributed by atoms with Crippen LogP contribution in [0.4, 0.5) is 0 Å². The van der Waals surface area contributed by atoms with E-state index in [1.165, 1.54) is 0 Å². The summed E-state index contributed by atoms with van der Waals surface area (Å²) in [6, 6.07) is 17.8. The van der Waals surface area contributed by atoms with Gasteiger partial charge in [0.2, 0.25) is 0 Å². The zero-order valence-corrected chi connectivity index (χ0v) is 11.0. The lowest BCUT2D eigenvalue weighted by Gasteiger charge is -2.09. The summed E-state index contributed by atoms with van der Waals surface area (Å²) in [5.41, 5.74) is 1.14. The van der Waals surface area contributed by atoms with Crippen LogP contribution in [0.5, 0.6) is 5.75 Å². The van der Waals surface area contributed by atoms with Gasteiger partial charge in [0.15, 0.2) is 0 Å². The van der Waals surface area contributed by atoms with Crippen LogP contribution in [0.1, 0.15) is 5.56 Å². The highest BCUT2D eigenvalue weighted by molar-refractivity contribution is 6.34. The number of halogens is 1. The Kier molecular flexibility index (Phi) is 3.34. The Morgan fingerprint density at radius 1 is 0.895 bits per heavy atom. The number of fused-ring (bicyclic) bond motifs is 1. The third-order valence-electron chi connectivity index (χ3n) is 2.95. The van der Waals surface area contributed by atoms with Crippen LogP contribution in [0.25, 0.3) is 10.8 Å². The van der Waals surface area contributed by atoms with Crippen molar-refractivity contribution in [2.75, 3.05) is 0 Å². The maximum atomic E-state index is 6.08. The van der Waals surface area contributed by atoms with Gasteiger partial charge in [0.1, 0.15) is 17.5 Å². The highest BCUT2D eigenvalue weighted by Gasteiger charge is 2.05. The molecule has 3 rings (SSSR count). The molecule has 0 saturated heterocycles. The van der Waals surface area contributed by atoms with Gasteiger partial charge in [-0.25, -0.2) is 4.98 Å². The minimum Gasteiger partial charge on any atom is -0.488 e. The van der Waals surface area contributed by atoms with Gasteiger partial charge in [-0.1, -0.05) is 54.1 Å². The first-order chi connectivity index (χ1) is 9.34. The monoisotopic (exact) mass is 269 g/mol. The first kappa shape index (κ1) is 12.0. The number of pyridine rings is 1. The Balaban J connectivity index is 1.91. The predicted molar refractivity (Wildman–Crippen MR) is 77.5 cm³/mol. The predicted octanol–water partition coefficient (Wildman–Crippen LogP) is 4.47. The van der Waals surface area contributed by atoms with E-state index in [2.05, 4.69) is 4.98 Å². The van der Waals surface area contributed by atoms with Gasteiger partial charge in [-0.2, -0.15) is 0 Å². The van der Waals surface area contributed by atoms with Crippen LogP contribution in [-0.2, 0) is 6.61 Å². The van der Waals surface area contributed by atoms with Crippen molar-refractivity contribution in [3.05, 3.63) is 71.5 Å². The summed E-state index contributed by atoms with van der Waals surface area (Å²) in [5, 5.41) is 2.40. The first-order valence-corrected chi connectivity index (χ1v) is 6.42. The second-order valence-electron chi connectivity index (χ2n) is 4.23. The fourth-order valence-corrected chi connectivity index (χ4v) is 2.22. The molecule has 1 aromatic heterocycles. The molecular weight excluding hydrogens is 258 g/mol. The minimum absolute atomic E-state index is 0.502. The molecule has 0 aliphatic heterocycles. The van der Waals surface area contributed by atoms with Gasteiger partial charge in [-0.05, 0) is 17.7 Å². The summed E-state index contributed by atoms with van der Waals surface area (Å²) < 4.78 is 5.87. The lowest BCUT2D eigenvalue weighted by Crippen LogP contribution is -1.95. The van der Waals surface area contributed by atoms with Crippen LogP contribution in [0.3, 0.4) is 0 Å². The average molecular weight is 270 g/mol. The van der Waals surface area contributed by atoms with Gasteiger partial charge in [-0.3, -0.25) is 0 Å². The van der Waals surface area contributed by atoms with Crippen molar-refractivity contribution < 1.29 is 4.74 Å². The number of ether oxygens (including phenoxy) is 1. The van der Waals surface area contributed by atoms with Gasteiger partial charge in [0.05, 0.1) is 0 Å². The van der Waals surface area contributed by atoms with E-state index in [0.717, 1.165) is 22.1 Å². The number of aromatic nitrogens is 1. The molecule has 0 N–H and O–H groups in total. The highest BCUT2D eigenvalue weighted by atomic mass is 35.5. The largest absolute Gasteiger partial charge is 0.488 e. The van der Waals surface area contributed by atoms with E-state index >= 15 is 0 Å². The quantitative estimate of drug-likeness (QED) is 0.655. The van der Waals surface area contributed by atoms with Gasteiger partial charge < -0.3 is 4.74 Å². The normalized spacial score (nSPS) is 10.6. The molecule has 0 radical (unpaired) electrons. The maximum absolute atomic E-state index is 6.08. The van der Waals surface area contributed by atoms with Crippen LogP contribution in [0.15, 0.2) is 60.8 Å². The molecule has 94 valence electrons. The number of hydrogen-bond acceptors (Lipinski definition) is 2. The standard InChI is InChI=1S/C16H12ClNO/c17-16-14-7-4-8-15(13(14)9-10-18-16)19-11-12-5-2-1-3-6-12/h1-10H,11H2. The molecule has 0 fully saturated rings. The molecule has 0 saturated carbocycles. The van der Waals surface area contributed by atoms with Crippen molar-refractivity contribution in [1.82, 2.24) is 4.98 Å². The molecule has 0 amide bonds. The van der Waals surface area contributed by atoms with Crippen molar-refractivity contribution in [1.29, 1.82) is 0 Å². The van der Waals surface area contributed by atoms with Crippen LogP contribution < -0.4 is 4.74 Å². The van der Waals surface area contributed by atoms with E-state index < -0.39 is 0 Å². The Hall–Kier alpha value is -2.06. The zero-order chi connectivity index (χ0) is 13.1. The molecule has 0 bridgehead atoms. The Bertz CT molecular complexity index is 697. The van der Waals surface area contributed by atoms with E-state index in [-0.39, 0.29) is 0 Å². The van der Waals surface area contributed by atoms with Crippen LogP contribution in [0.2, 0.25) is 5.15 Å². The molecule has 0 aliphatic rings. The number of nitrogens with zero attached hydrogens (tertiary/aromatic N) is 1. The van der Waals surface area contributed by atoms with Crippen LogP contribution >= 0.6 is 11.6 Å². The smallest absolute Gasteiger partial charge is 0.136 e. The molecule has 1 heterocycles. The van der Waals surface area contributed by atoms with Crippen LogP contribution in [0, 0.1) is 0 Å². The van der Waals surface area contributed by atoms with Crippen molar-refractivity contribution in [3.8, 4) is 5.75 Å². The minimum atomic E-state index is 0.502. The van der Waals surface area contributed by atoms with Gasteiger partial charge in [0.25, 0.3) is 0 Å². The Morgan fingerprint density at radius 2 is 1.74 bits per heavy atom. The third kappa shape index (κ3) is 2.54. The summed E-state index contributed by atoms with van der Waals surface area (Å²) in [4.78, 5) is 4.08. The summed E-state index contributed by atoms with van der Waals surface area (Å²) >= 11 is 6.08. The van der Waals surface area contributed by atoms with E-state index in [1.807, 2.05) is 54.6 Å². The Morgan fingerprint density at radius 3 is 2.58 bits per heavy atom. The zero-order valence-electron chi connectivity index (χ0n) is 10.2. The lowest BCUT2D eigenvalue weighted by atomic mass is 10.1. The van der Waals surface area contributed by atoms with Crippen molar-refractivity contribution in [3.63, 3.8) is 0 Å². The molecule has 2 nitrogen and oxygen atoms in total. The van der Waals surface area contributed by atoms with E-state index in [9.17, 15) is 0 Å². The van der Waals surface area contributed by atoms with Crippen LogP contribution in [-0.4, -0.2) is 4.98 Å². The van der Waals surface area contributed by atoms with E-state index in [0.29, 0.717) is 11.8 Å². The molecule has 19 heavy (non-hydrogen) atoms. The van der Waals surface area contributed by atoms with Gasteiger partial charge in [-0.15, -0.1) is 0 Å². The van der Waals surface area contributed by atoms with E-state index in [4.69, 9.17) is 16.3 Å². The first-order valence-electron chi connectivity index (χ1n) is 6.04. The third-order valence-corrected chi connectivity index (χ3v) is 3.26.